The molecule has 1 unspecified atom stereocenters. The molecule has 5 heteroatoms. The van der Waals surface area contributed by atoms with Crippen LogP contribution in [0.25, 0.3) is 0 Å². The molecule has 1 heterocycles. The average molecular weight is 282 g/mol. The molecule has 60 valence electrons. The zero-order valence-corrected chi connectivity index (χ0v) is 8.71. The average Bonchev–Trinajstić information content (AvgIpc) is 2.05. The summed E-state index contributed by atoms with van der Waals surface area (Å²) in [5.74, 6) is 0.435. The van der Waals surface area contributed by atoms with Crippen LogP contribution in [0.2, 0.25) is 0 Å². The fraction of sp³-hybridized carbons (Fsp3) is 0.333. The number of rotatable bonds is 2. The monoisotopic (exact) mass is 280 g/mol. The number of halogens is 2. The third-order valence-corrected chi connectivity index (χ3v) is 2.11. The summed E-state index contributed by atoms with van der Waals surface area (Å²) in [4.78, 5) is 7.82. The van der Waals surface area contributed by atoms with Gasteiger partial charge in [0.25, 0.3) is 0 Å². The van der Waals surface area contributed by atoms with Crippen LogP contribution in [0.4, 0.5) is 0 Å². The quantitative estimate of drug-likeness (QED) is 0.839. The summed E-state index contributed by atoms with van der Waals surface area (Å²) in [7, 11) is 0. The lowest BCUT2D eigenvalue weighted by molar-refractivity contribution is 0.195. The lowest BCUT2D eigenvalue weighted by Crippen LogP contribution is -2.03. The van der Waals surface area contributed by atoms with Gasteiger partial charge in [0.2, 0.25) is 0 Å². The first-order valence-electron chi connectivity index (χ1n) is 2.95. The Bertz CT molecular complexity index is 227. The zero-order chi connectivity index (χ0) is 8.27. The number of nitrogens with zero attached hydrogens (tertiary/aromatic N) is 2. The minimum Gasteiger partial charge on any atom is -0.384 e. The molecule has 0 amide bonds. The van der Waals surface area contributed by atoms with Gasteiger partial charge in [-0.15, -0.1) is 0 Å². The molecule has 0 saturated carbocycles. The molecule has 3 nitrogen and oxygen atoms in total. The van der Waals surface area contributed by atoms with Crippen molar-refractivity contribution < 1.29 is 5.11 Å². The smallest absolute Gasteiger partial charge is 0.157 e. The summed E-state index contributed by atoms with van der Waals surface area (Å²) < 4.78 is 0.808. The van der Waals surface area contributed by atoms with Gasteiger partial charge in [0.1, 0.15) is 6.10 Å². The summed E-state index contributed by atoms with van der Waals surface area (Å²) >= 11 is 6.33. The van der Waals surface area contributed by atoms with E-state index in [2.05, 4.69) is 41.8 Å². The standard InChI is InChI=1S/C6H6Br2N2O/c7-1-5(11)6-9-2-4(8)3-10-6/h2-3,5,11H,1H2. The molecule has 0 aliphatic rings. The van der Waals surface area contributed by atoms with Crippen molar-refractivity contribution in [1.29, 1.82) is 0 Å². The van der Waals surface area contributed by atoms with Gasteiger partial charge in [0.05, 0.1) is 4.47 Å². The van der Waals surface area contributed by atoms with Gasteiger partial charge in [-0.25, -0.2) is 9.97 Å². The number of aliphatic hydroxyl groups is 1. The van der Waals surface area contributed by atoms with Crippen molar-refractivity contribution in [2.24, 2.45) is 0 Å². The summed E-state index contributed by atoms with van der Waals surface area (Å²) in [6, 6.07) is 0. The van der Waals surface area contributed by atoms with E-state index in [0.717, 1.165) is 4.47 Å². The van der Waals surface area contributed by atoms with Crippen LogP contribution in [0.5, 0.6) is 0 Å². The van der Waals surface area contributed by atoms with Gasteiger partial charge in [-0.3, -0.25) is 0 Å². The fourth-order valence-corrected chi connectivity index (χ4v) is 1.06. The molecule has 0 spiro atoms. The molecule has 1 aromatic heterocycles. The van der Waals surface area contributed by atoms with E-state index in [1.54, 1.807) is 12.4 Å². The van der Waals surface area contributed by atoms with E-state index in [1.165, 1.54) is 0 Å². The van der Waals surface area contributed by atoms with Crippen LogP contribution >= 0.6 is 31.9 Å². The minimum atomic E-state index is -0.622. The van der Waals surface area contributed by atoms with E-state index >= 15 is 0 Å². The van der Waals surface area contributed by atoms with E-state index < -0.39 is 6.10 Å². The Morgan fingerprint density at radius 2 is 2.00 bits per heavy atom. The Balaban J connectivity index is 2.81. The molecule has 0 saturated heterocycles. The van der Waals surface area contributed by atoms with Crippen LogP contribution < -0.4 is 0 Å². The molecular weight excluding hydrogens is 276 g/mol. The Kier molecular flexibility index (Phi) is 3.42. The number of alkyl halides is 1. The van der Waals surface area contributed by atoms with Crippen molar-refractivity contribution in [2.75, 3.05) is 5.33 Å². The summed E-state index contributed by atoms with van der Waals surface area (Å²) in [5, 5.41) is 9.69. The molecule has 1 N–H and O–H groups in total. The van der Waals surface area contributed by atoms with Gasteiger partial charge in [0, 0.05) is 17.7 Å². The largest absolute Gasteiger partial charge is 0.384 e. The SMILES string of the molecule is OC(CBr)c1ncc(Br)cn1. The highest BCUT2D eigenvalue weighted by atomic mass is 79.9. The van der Waals surface area contributed by atoms with Crippen LogP contribution in [0.1, 0.15) is 11.9 Å². The second-order valence-electron chi connectivity index (χ2n) is 1.93. The van der Waals surface area contributed by atoms with Gasteiger partial charge in [0.15, 0.2) is 5.82 Å². The molecule has 11 heavy (non-hydrogen) atoms. The highest BCUT2D eigenvalue weighted by molar-refractivity contribution is 9.10. The molecule has 0 bridgehead atoms. The predicted octanol–water partition coefficient (Wildman–Crippen LogP) is 1.67. The summed E-state index contributed by atoms with van der Waals surface area (Å²) in [5.41, 5.74) is 0. The van der Waals surface area contributed by atoms with E-state index in [9.17, 15) is 5.11 Å². The van der Waals surface area contributed by atoms with Crippen LogP contribution in [-0.4, -0.2) is 20.4 Å². The lowest BCUT2D eigenvalue weighted by Gasteiger charge is -2.03. The zero-order valence-electron chi connectivity index (χ0n) is 5.54. The molecular formula is C6H6Br2N2O. The highest BCUT2D eigenvalue weighted by Crippen LogP contribution is 2.11. The van der Waals surface area contributed by atoms with Gasteiger partial charge in [-0.2, -0.15) is 0 Å². The van der Waals surface area contributed by atoms with E-state index in [-0.39, 0.29) is 0 Å². The fourth-order valence-electron chi connectivity index (χ4n) is 0.563. The first-order valence-corrected chi connectivity index (χ1v) is 4.87. The van der Waals surface area contributed by atoms with Crippen LogP contribution in [0.15, 0.2) is 16.9 Å². The van der Waals surface area contributed by atoms with Crippen LogP contribution in [-0.2, 0) is 0 Å². The number of aliphatic hydroxyl groups excluding tert-OH is 1. The Morgan fingerprint density at radius 1 is 1.45 bits per heavy atom. The third-order valence-electron chi connectivity index (χ3n) is 1.08. The normalized spacial score (nSPS) is 13.0. The Labute approximate surface area is 81.1 Å². The number of hydrogen-bond donors (Lipinski definition) is 1. The summed E-state index contributed by atoms with van der Waals surface area (Å²) in [6.45, 7) is 0. The van der Waals surface area contributed by atoms with Crippen molar-refractivity contribution in [3.05, 3.63) is 22.7 Å². The van der Waals surface area contributed by atoms with Gasteiger partial charge < -0.3 is 5.11 Å². The van der Waals surface area contributed by atoms with Gasteiger partial charge >= 0.3 is 0 Å². The maximum absolute atomic E-state index is 9.23. The molecule has 0 radical (unpaired) electrons. The third kappa shape index (κ3) is 2.50. The molecule has 1 aromatic rings. The molecule has 0 aromatic carbocycles. The first-order chi connectivity index (χ1) is 5.24. The highest BCUT2D eigenvalue weighted by Gasteiger charge is 2.07. The number of aromatic nitrogens is 2. The first kappa shape index (κ1) is 9.09. The van der Waals surface area contributed by atoms with Crippen molar-refractivity contribution >= 4 is 31.9 Å². The lowest BCUT2D eigenvalue weighted by atomic mass is 10.4. The van der Waals surface area contributed by atoms with E-state index in [4.69, 9.17) is 0 Å². The molecule has 0 aliphatic heterocycles. The van der Waals surface area contributed by atoms with E-state index in [0.29, 0.717) is 11.2 Å². The van der Waals surface area contributed by atoms with Crippen LogP contribution in [0, 0.1) is 0 Å². The maximum Gasteiger partial charge on any atom is 0.157 e. The van der Waals surface area contributed by atoms with Crippen molar-refractivity contribution in [3.63, 3.8) is 0 Å². The number of hydrogen-bond acceptors (Lipinski definition) is 3. The molecule has 1 rings (SSSR count). The second kappa shape index (κ2) is 4.13. The molecule has 1 atom stereocenters. The summed E-state index contributed by atoms with van der Waals surface area (Å²) in [6.07, 6.45) is 2.59. The van der Waals surface area contributed by atoms with Gasteiger partial charge in [-0.05, 0) is 15.9 Å². The van der Waals surface area contributed by atoms with E-state index in [1.807, 2.05) is 0 Å². The van der Waals surface area contributed by atoms with Crippen molar-refractivity contribution in [3.8, 4) is 0 Å². The predicted molar refractivity (Wildman–Crippen MR) is 48.5 cm³/mol. The molecule has 0 aliphatic carbocycles. The molecule has 0 fully saturated rings. The topological polar surface area (TPSA) is 46.0 Å². The second-order valence-corrected chi connectivity index (χ2v) is 3.49. The minimum absolute atomic E-state index is 0.435. The van der Waals surface area contributed by atoms with Crippen molar-refractivity contribution in [1.82, 2.24) is 9.97 Å². The maximum atomic E-state index is 9.23. The Morgan fingerprint density at radius 3 is 2.45 bits per heavy atom. The van der Waals surface area contributed by atoms with Gasteiger partial charge in [-0.1, -0.05) is 15.9 Å². The van der Waals surface area contributed by atoms with Crippen molar-refractivity contribution in [2.45, 2.75) is 6.10 Å². The van der Waals surface area contributed by atoms with Crippen LogP contribution in [0.3, 0.4) is 0 Å². The Hall–Kier alpha value is -0.0000000000000000555.